The lowest BCUT2D eigenvalue weighted by atomic mass is 9.92. The lowest BCUT2D eigenvalue weighted by Crippen LogP contribution is -2.30. The van der Waals surface area contributed by atoms with Gasteiger partial charge in [-0.15, -0.1) is 0 Å². The van der Waals surface area contributed by atoms with Gasteiger partial charge in [-0.2, -0.15) is 0 Å². The third-order valence-corrected chi connectivity index (χ3v) is 3.84. The van der Waals surface area contributed by atoms with Gasteiger partial charge in [0.05, 0.1) is 11.7 Å². The van der Waals surface area contributed by atoms with Gasteiger partial charge in [-0.1, -0.05) is 6.07 Å². The van der Waals surface area contributed by atoms with Crippen molar-refractivity contribution < 1.29 is 35.1 Å². The Morgan fingerprint density at radius 3 is 2.43 bits per heavy atom. The monoisotopic (exact) mass is 318 g/mol. The first-order chi connectivity index (χ1) is 10.9. The highest BCUT2D eigenvalue weighted by molar-refractivity contribution is 5.85. The predicted octanol–water partition coefficient (Wildman–Crippen LogP) is 1.36. The van der Waals surface area contributed by atoms with Crippen LogP contribution in [0.1, 0.15) is 27.6 Å². The van der Waals surface area contributed by atoms with Gasteiger partial charge in [-0.25, -0.2) is 0 Å². The van der Waals surface area contributed by atoms with Crippen LogP contribution in [0.3, 0.4) is 0 Å². The molecule has 1 aliphatic heterocycles. The summed E-state index contributed by atoms with van der Waals surface area (Å²) in [5.41, 5.74) is 0.369. The number of fused-ring (bicyclic) bond motifs is 1. The van der Waals surface area contributed by atoms with Crippen LogP contribution in [0.4, 0.5) is 0 Å². The molecule has 2 aromatic rings. The van der Waals surface area contributed by atoms with E-state index >= 15 is 0 Å². The number of benzene rings is 2. The molecule has 0 bridgehead atoms. The zero-order valence-electron chi connectivity index (χ0n) is 11.8. The summed E-state index contributed by atoms with van der Waals surface area (Å²) in [6, 6.07) is 5.19. The smallest absolute Gasteiger partial charge is 0.157 e. The molecule has 1 aliphatic rings. The number of ether oxygens (including phenoxy) is 1. The van der Waals surface area contributed by atoms with Crippen molar-refractivity contribution in [1.29, 1.82) is 0 Å². The van der Waals surface area contributed by atoms with Crippen LogP contribution < -0.4 is 4.74 Å². The van der Waals surface area contributed by atoms with Gasteiger partial charge in [0.1, 0.15) is 23.4 Å². The Hall–Kier alpha value is -2.93. The quantitative estimate of drug-likeness (QED) is 0.418. The first-order valence-electron chi connectivity index (χ1n) is 6.82. The van der Waals surface area contributed by atoms with Crippen molar-refractivity contribution in [2.75, 3.05) is 0 Å². The van der Waals surface area contributed by atoms with Crippen LogP contribution in [0.25, 0.3) is 0 Å². The molecule has 3 rings (SSSR count). The van der Waals surface area contributed by atoms with Crippen LogP contribution in [-0.2, 0) is 6.42 Å². The topological polar surface area (TPSA) is 127 Å². The van der Waals surface area contributed by atoms with Gasteiger partial charge in [-0.05, 0) is 17.7 Å². The SMILES string of the molecule is O=Cc1c(O)cc2c(c1O)C[C@H](O)[C@@H](c1ccc(O)c(O)c1)O2. The molecule has 0 saturated heterocycles. The van der Waals surface area contributed by atoms with Gasteiger partial charge < -0.3 is 30.3 Å². The summed E-state index contributed by atoms with van der Waals surface area (Å²) in [6.45, 7) is 0. The first kappa shape index (κ1) is 15.0. The molecule has 0 spiro atoms. The average molecular weight is 318 g/mol. The molecule has 7 heteroatoms. The van der Waals surface area contributed by atoms with Gasteiger partial charge in [-0.3, -0.25) is 4.79 Å². The zero-order valence-corrected chi connectivity index (χ0v) is 11.8. The molecule has 120 valence electrons. The highest BCUT2D eigenvalue weighted by atomic mass is 16.5. The molecule has 23 heavy (non-hydrogen) atoms. The number of hydrogen-bond donors (Lipinski definition) is 5. The molecule has 1 heterocycles. The van der Waals surface area contributed by atoms with Crippen molar-refractivity contribution in [3.63, 3.8) is 0 Å². The fraction of sp³-hybridized carbons (Fsp3) is 0.188. The van der Waals surface area contributed by atoms with Gasteiger partial charge in [0.2, 0.25) is 0 Å². The minimum Gasteiger partial charge on any atom is -0.507 e. The molecule has 0 radical (unpaired) electrons. The normalized spacial score (nSPS) is 19.7. The molecule has 7 nitrogen and oxygen atoms in total. The molecule has 0 saturated carbocycles. The second kappa shape index (κ2) is 5.36. The van der Waals surface area contributed by atoms with Crippen LogP contribution in [0.15, 0.2) is 24.3 Å². The Morgan fingerprint density at radius 1 is 1.04 bits per heavy atom. The Balaban J connectivity index is 2.03. The van der Waals surface area contributed by atoms with E-state index < -0.39 is 23.7 Å². The number of hydrogen-bond acceptors (Lipinski definition) is 7. The van der Waals surface area contributed by atoms with Gasteiger partial charge in [0.15, 0.2) is 17.8 Å². The fourth-order valence-electron chi connectivity index (χ4n) is 2.65. The van der Waals surface area contributed by atoms with Crippen molar-refractivity contribution >= 4 is 6.29 Å². The van der Waals surface area contributed by atoms with Crippen LogP contribution in [0.5, 0.6) is 28.7 Å². The summed E-state index contributed by atoms with van der Waals surface area (Å²) >= 11 is 0. The molecule has 0 amide bonds. The van der Waals surface area contributed by atoms with Gasteiger partial charge >= 0.3 is 0 Å². The van der Waals surface area contributed by atoms with Crippen LogP contribution in [0, 0.1) is 0 Å². The highest BCUT2D eigenvalue weighted by Gasteiger charge is 2.33. The number of aromatic hydroxyl groups is 4. The van der Waals surface area contributed by atoms with Crippen LogP contribution in [-0.4, -0.2) is 37.9 Å². The summed E-state index contributed by atoms with van der Waals surface area (Å²) in [7, 11) is 0. The van der Waals surface area contributed by atoms with Crippen molar-refractivity contribution in [3.05, 3.63) is 41.0 Å². The standard InChI is InChI=1S/C16H14O7/c17-6-9-11(19)5-14-8(15(9)22)4-13(21)16(23-14)7-1-2-10(18)12(20)3-7/h1-3,5-6,13,16,18-22H,4H2/t13-,16+/m0/s1. The molecule has 0 unspecified atom stereocenters. The van der Waals surface area contributed by atoms with Crippen molar-refractivity contribution in [2.45, 2.75) is 18.6 Å². The van der Waals surface area contributed by atoms with Gasteiger partial charge in [0, 0.05) is 18.1 Å². The molecule has 5 N–H and O–H groups in total. The maximum atomic E-state index is 10.9. The molecular weight excluding hydrogens is 304 g/mol. The summed E-state index contributed by atoms with van der Waals surface area (Å²) in [6.07, 6.45) is -1.60. The Bertz CT molecular complexity index is 784. The number of aldehydes is 1. The predicted molar refractivity (Wildman–Crippen MR) is 78.0 cm³/mol. The summed E-state index contributed by atoms with van der Waals surface area (Å²) in [4.78, 5) is 10.9. The van der Waals surface area contributed by atoms with E-state index in [-0.39, 0.29) is 34.8 Å². The second-order valence-corrected chi connectivity index (χ2v) is 5.31. The molecule has 0 fully saturated rings. The van der Waals surface area contributed by atoms with Crippen LogP contribution >= 0.6 is 0 Å². The Labute approximate surface area is 130 Å². The lowest BCUT2D eigenvalue weighted by molar-refractivity contribution is 0.0196. The van der Waals surface area contributed by atoms with Crippen molar-refractivity contribution in [1.82, 2.24) is 0 Å². The molecule has 0 aliphatic carbocycles. The fourth-order valence-corrected chi connectivity index (χ4v) is 2.65. The largest absolute Gasteiger partial charge is 0.507 e. The Kier molecular flexibility index (Phi) is 3.49. The van der Waals surface area contributed by atoms with Gasteiger partial charge in [0.25, 0.3) is 0 Å². The molecule has 0 aromatic heterocycles. The van der Waals surface area contributed by atoms with E-state index in [1.165, 1.54) is 24.3 Å². The summed E-state index contributed by atoms with van der Waals surface area (Å²) < 4.78 is 5.61. The third-order valence-electron chi connectivity index (χ3n) is 3.84. The van der Waals surface area contributed by atoms with E-state index in [1.54, 1.807) is 0 Å². The second-order valence-electron chi connectivity index (χ2n) is 5.31. The molecule has 2 aromatic carbocycles. The van der Waals surface area contributed by atoms with Crippen molar-refractivity contribution in [2.24, 2.45) is 0 Å². The number of rotatable bonds is 2. The zero-order chi connectivity index (χ0) is 16.7. The average Bonchev–Trinajstić information content (AvgIpc) is 2.51. The highest BCUT2D eigenvalue weighted by Crippen LogP contribution is 2.44. The molecule has 2 atom stereocenters. The van der Waals surface area contributed by atoms with E-state index in [0.717, 1.165) is 0 Å². The molecular formula is C16H14O7. The maximum Gasteiger partial charge on any atom is 0.157 e. The lowest BCUT2D eigenvalue weighted by Gasteiger charge is -2.31. The maximum absolute atomic E-state index is 10.9. The van der Waals surface area contributed by atoms with E-state index in [1.807, 2.05) is 0 Å². The van der Waals surface area contributed by atoms with E-state index in [2.05, 4.69) is 0 Å². The number of carbonyl (C=O) groups is 1. The number of aliphatic hydroxyl groups is 1. The minimum absolute atomic E-state index is 0.00537. The first-order valence-corrected chi connectivity index (χ1v) is 6.82. The van der Waals surface area contributed by atoms with E-state index in [0.29, 0.717) is 11.8 Å². The van der Waals surface area contributed by atoms with Crippen molar-refractivity contribution in [3.8, 4) is 28.7 Å². The third kappa shape index (κ3) is 2.40. The summed E-state index contributed by atoms with van der Waals surface area (Å²) in [5.74, 6) is -1.38. The summed E-state index contributed by atoms with van der Waals surface area (Å²) in [5, 5.41) is 48.9. The number of carbonyl (C=O) groups excluding carboxylic acids is 1. The number of phenolic OH excluding ortho intramolecular Hbond substituents is 4. The van der Waals surface area contributed by atoms with E-state index in [4.69, 9.17) is 4.74 Å². The van der Waals surface area contributed by atoms with Crippen LogP contribution in [0.2, 0.25) is 0 Å². The van der Waals surface area contributed by atoms with E-state index in [9.17, 15) is 30.3 Å². The number of aliphatic hydroxyl groups excluding tert-OH is 1. The number of phenols is 4. The Morgan fingerprint density at radius 2 is 1.78 bits per heavy atom. The minimum atomic E-state index is -1.05.